The molecule has 1 N–H and O–H groups in total. The summed E-state index contributed by atoms with van der Waals surface area (Å²) in [5.41, 5.74) is 0.439. The van der Waals surface area contributed by atoms with Crippen molar-refractivity contribution >= 4 is 40.6 Å². The second-order valence-corrected chi connectivity index (χ2v) is 8.54. The lowest BCUT2D eigenvalue weighted by atomic mass is 10.3. The van der Waals surface area contributed by atoms with E-state index in [9.17, 15) is 14.9 Å². The number of benzene rings is 2. The molecular weight excluding hydrogens is 454 g/mol. The molecule has 2 aromatic carbocycles. The van der Waals surface area contributed by atoms with Crippen molar-refractivity contribution in [1.29, 1.82) is 0 Å². The number of hydrogen-bond acceptors (Lipinski definition) is 7. The Hall–Kier alpha value is -3.11. The van der Waals surface area contributed by atoms with Gasteiger partial charge in [0.1, 0.15) is 5.75 Å². The second-order valence-electron chi connectivity index (χ2n) is 6.83. The lowest BCUT2D eigenvalue weighted by Crippen LogP contribution is -2.23. The molecular formula is C21H22ClN5O4S. The van der Waals surface area contributed by atoms with Crippen LogP contribution in [0.3, 0.4) is 0 Å². The van der Waals surface area contributed by atoms with Crippen molar-refractivity contribution in [2.24, 2.45) is 0 Å². The van der Waals surface area contributed by atoms with Crippen LogP contribution in [0.25, 0.3) is 0 Å². The Kier molecular flexibility index (Phi) is 7.70. The number of anilines is 1. The summed E-state index contributed by atoms with van der Waals surface area (Å²) in [5.74, 6) is 0.923. The number of para-hydroxylation sites is 1. The van der Waals surface area contributed by atoms with Crippen molar-refractivity contribution in [3.05, 3.63) is 69.5 Å². The van der Waals surface area contributed by atoms with Gasteiger partial charge in [-0.05, 0) is 45.0 Å². The van der Waals surface area contributed by atoms with Crippen LogP contribution in [0, 0.1) is 10.1 Å². The molecule has 0 saturated heterocycles. The standard InChI is InChI=1S/C21H22ClN5O4S/c1-4-26-19(13(2)31-18-8-6-5-7-17(18)22)24-25-21(26)32-14(3)20(28)23-15-9-11-16(12-10-15)27(29)30/h5-14H,4H2,1-3H3,(H,23,28). The maximum Gasteiger partial charge on any atom is 0.269 e. The molecule has 2 atom stereocenters. The van der Waals surface area contributed by atoms with Crippen LogP contribution < -0.4 is 10.1 Å². The first-order chi connectivity index (χ1) is 15.3. The smallest absolute Gasteiger partial charge is 0.269 e. The first-order valence-corrected chi connectivity index (χ1v) is 11.1. The number of nitrogens with zero attached hydrogens (tertiary/aromatic N) is 4. The summed E-state index contributed by atoms with van der Waals surface area (Å²) in [6.45, 7) is 6.17. The molecule has 1 heterocycles. The Balaban J connectivity index is 1.67. The number of nitrogens with one attached hydrogen (secondary N) is 1. The largest absolute Gasteiger partial charge is 0.481 e. The fraction of sp³-hybridized carbons (Fsp3) is 0.286. The van der Waals surface area contributed by atoms with Gasteiger partial charge in [-0.25, -0.2) is 0 Å². The van der Waals surface area contributed by atoms with E-state index in [1.807, 2.05) is 30.5 Å². The van der Waals surface area contributed by atoms with Crippen molar-refractivity contribution in [1.82, 2.24) is 14.8 Å². The molecule has 0 aliphatic carbocycles. The normalized spacial score (nSPS) is 12.8. The van der Waals surface area contributed by atoms with Crippen LogP contribution >= 0.6 is 23.4 Å². The molecule has 11 heteroatoms. The summed E-state index contributed by atoms with van der Waals surface area (Å²) in [4.78, 5) is 22.9. The third-order valence-corrected chi connectivity index (χ3v) is 5.96. The number of halogens is 1. The average Bonchev–Trinajstić information content (AvgIpc) is 3.18. The molecule has 3 aromatic rings. The fourth-order valence-corrected chi connectivity index (χ4v) is 3.99. The number of non-ortho nitro benzene ring substituents is 1. The Labute approximate surface area is 194 Å². The monoisotopic (exact) mass is 475 g/mol. The number of carbonyl (C=O) groups is 1. The minimum atomic E-state index is -0.490. The van der Waals surface area contributed by atoms with Crippen molar-refractivity contribution in [2.45, 2.75) is 43.8 Å². The van der Waals surface area contributed by atoms with Crippen LogP contribution in [-0.4, -0.2) is 30.8 Å². The van der Waals surface area contributed by atoms with Gasteiger partial charge < -0.3 is 14.6 Å². The quantitative estimate of drug-likeness (QED) is 0.259. The predicted octanol–water partition coefficient (Wildman–Crippen LogP) is 5.12. The molecule has 0 fully saturated rings. The lowest BCUT2D eigenvalue weighted by Gasteiger charge is -2.17. The van der Waals surface area contributed by atoms with Gasteiger partial charge in [0.15, 0.2) is 17.1 Å². The van der Waals surface area contributed by atoms with E-state index >= 15 is 0 Å². The summed E-state index contributed by atoms with van der Waals surface area (Å²) < 4.78 is 7.84. The number of ether oxygens (including phenoxy) is 1. The SMILES string of the molecule is CCn1c(SC(C)C(=O)Nc2ccc([N+](=O)[O-])cc2)nnc1C(C)Oc1ccccc1Cl. The number of aromatic nitrogens is 3. The van der Waals surface area contributed by atoms with E-state index in [4.69, 9.17) is 16.3 Å². The first-order valence-electron chi connectivity index (χ1n) is 9.86. The number of nitro benzene ring substituents is 1. The lowest BCUT2D eigenvalue weighted by molar-refractivity contribution is -0.384. The molecule has 1 amide bonds. The topological polar surface area (TPSA) is 112 Å². The van der Waals surface area contributed by atoms with Crippen LogP contribution in [-0.2, 0) is 11.3 Å². The van der Waals surface area contributed by atoms with E-state index in [2.05, 4.69) is 15.5 Å². The predicted molar refractivity (Wildman–Crippen MR) is 123 cm³/mol. The Morgan fingerprint density at radius 2 is 1.91 bits per heavy atom. The average molecular weight is 476 g/mol. The number of rotatable bonds is 9. The molecule has 0 bridgehead atoms. The molecule has 2 unspecified atom stereocenters. The van der Waals surface area contributed by atoms with Gasteiger partial charge in [-0.1, -0.05) is 35.5 Å². The highest BCUT2D eigenvalue weighted by molar-refractivity contribution is 8.00. The van der Waals surface area contributed by atoms with Gasteiger partial charge in [-0.3, -0.25) is 14.9 Å². The fourth-order valence-electron chi connectivity index (χ4n) is 2.89. The van der Waals surface area contributed by atoms with Gasteiger partial charge in [-0.2, -0.15) is 0 Å². The third-order valence-electron chi connectivity index (χ3n) is 4.56. The maximum atomic E-state index is 12.6. The van der Waals surface area contributed by atoms with Crippen LogP contribution in [0.15, 0.2) is 53.7 Å². The van der Waals surface area contributed by atoms with Gasteiger partial charge in [0.25, 0.3) is 5.69 Å². The zero-order valence-electron chi connectivity index (χ0n) is 17.7. The summed E-state index contributed by atoms with van der Waals surface area (Å²) in [6.07, 6.45) is -0.402. The summed E-state index contributed by atoms with van der Waals surface area (Å²) in [7, 11) is 0. The van der Waals surface area contributed by atoms with Gasteiger partial charge in [0.2, 0.25) is 5.91 Å². The van der Waals surface area contributed by atoms with Crippen LogP contribution in [0.2, 0.25) is 5.02 Å². The van der Waals surface area contributed by atoms with Crippen molar-refractivity contribution in [3.8, 4) is 5.75 Å². The molecule has 0 aliphatic rings. The van der Waals surface area contributed by atoms with Gasteiger partial charge in [0.05, 0.1) is 15.2 Å². The highest BCUT2D eigenvalue weighted by atomic mass is 35.5. The van der Waals surface area contributed by atoms with Crippen LogP contribution in [0.5, 0.6) is 5.75 Å². The number of carbonyl (C=O) groups excluding carboxylic acids is 1. The van der Waals surface area contributed by atoms with E-state index in [0.717, 1.165) is 0 Å². The Morgan fingerprint density at radius 3 is 2.53 bits per heavy atom. The van der Waals surface area contributed by atoms with E-state index < -0.39 is 16.3 Å². The summed E-state index contributed by atoms with van der Waals surface area (Å²) in [6, 6.07) is 12.9. The van der Waals surface area contributed by atoms with E-state index in [1.165, 1.54) is 36.0 Å². The van der Waals surface area contributed by atoms with Crippen LogP contribution in [0.1, 0.15) is 32.7 Å². The van der Waals surface area contributed by atoms with Crippen molar-refractivity contribution in [2.75, 3.05) is 5.32 Å². The van der Waals surface area contributed by atoms with Crippen molar-refractivity contribution < 1.29 is 14.5 Å². The second kappa shape index (κ2) is 10.5. The maximum absolute atomic E-state index is 12.6. The molecule has 1 aromatic heterocycles. The first kappa shape index (κ1) is 23.6. The third kappa shape index (κ3) is 5.57. The number of hydrogen-bond donors (Lipinski definition) is 1. The van der Waals surface area contributed by atoms with Gasteiger partial charge >= 0.3 is 0 Å². The number of nitro groups is 1. The number of amides is 1. The minimum Gasteiger partial charge on any atom is -0.481 e. The zero-order valence-corrected chi connectivity index (χ0v) is 19.3. The molecule has 168 valence electrons. The summed E-state index contributed by atoms with van der Waals surface area (Å²) in [5, 5.41) is 22.6. The Morgan fingerprint density at radius 1 is 1.22 bits per heavy atom. The molecule has 9 nitrogen and oxygen atoms in total. The summed E-state index contributed by atoms with van der Waals surface area (Å²) >= 11 is 7.44. The van der Waals surface area contributed by atoms with Crippen molar-refractivity contribution in [3.63, 3.8) is 0 Å². The molecule has 3 rings (SSSR count). The minimum absolute atomic E-state index is 0.0397. The van der Waals surface area contributed by atoms with E-state index in [0.29, 0.717) is 34.0 Å². The zero-order chi connectivity index (χ0) is 23.3. The number of thioether (sulfide) groups is 1. The highest BCUT2D eigenvalue weighted by Crippen LogP contribution is 2.30. The van der Waals surface area contributed by atoms with E-state index in [1.54, 1.807) is 19.1 Å². The van der Waals surface area contributed by atoms with Crippen LogP contribution in [0.4, 0.5) is 11.4 Å². The molecule has 32 heavy (non-hydrogen) atoms. The van der Waals surface area contributed by atoms with E-state index in [-0.39, 0.29) is 11.6 Å². The van der Waals surface area contributed by atoms with Gasteiger partial charge in [0, 0.05) is 24.4 Å². The highest BCUT2D eigenvalue weighted by Gasteiger charge is 2.23. The molecule has 0 spiro atoms. The molecule has 0 aliphatic heterocycles. The molecule has 0 saturated carbocycles. The Bertz CT molecular complexity index is 1110. The molecule has 0 radical (unpaired) electrons. The van der Waals surface area contributed by atoms with Gasteiger partial charge in [-0.15, -0.1) is 10.2 Å².